The second kappa shape index (κ2) is 10.9. The van der Waals surface area contributed by atoms with Crippen molar-refractivity contribution in [2.24, 2.45) is 11.8 Å². The van der Waals surface area contributed by atoms with Crippen LogP contribution < -0.4 is 10.6 Å². The summed E-state index contributed by atoms with van der Waals surface area (Å²) in [6.07, 6.45) is 6.47. The van der Waals surface area contributed by atoms with E-state index in [2.05, 4.69) is 24.5 Å². The molecule has 2 N–H and O–H groups in total. The zero-order valence-electron chi connectivity index (χ0n) is 15.2. The van der Waals surface area contributed by atoms with Gasteiger partial charge in [-0.1, -0.05) is 13.8 Å². The summed E-state index contributed by atoms with van der Waals surface area (Å²) in [4.78, 5) is 26.1. The van der Waals surface area contributed by atoms with Gasteiger partial charge in [-0.2, -0.15) is 0 Å². The van der Waals surface area contributed by atoms with Gasteiger partial charge >= 0.3 is 0 Å². The van der Waals surface area contributed by atoms with E-state index in [0.29, 0.717) is 24.7 Å². The molecule has 0 aromatic heterocycles. The standard InChI is InChI=1S/C18H33N3O2.ClH/c1-14(2)13-18(23)21-11-7-16(8-12-21)20-17(22)4-3-15-5-9-19-10-6-15;/h14-16,19H,3-13H2,1-2H3,(H,20,22);1H. The largest absolute Gasteiger partial charge is 0.353 e. The molecule has 24 heavy (non-hydrogen) atoms. The molecule has 0 aromatic carbocycles. The number of carbonyl (C=O) groups excluding carboxylic acids is 2. The monoisotopic (exact) mass is 359 g/mol. The summed E-state index contributed by atoms with van der Waals surface area (Å²) < 4.78 is 0. The number of hydrogen-bond donors (Lipinski definition) is 2. The van der Waals surface area contributed by atoms with Crippen LogP contribution in [-0.4, -0.2) is 48.9 Å². The minimum atomic E-state index is 0. The van der Waals surface area contributed by atoms with Crippen LogP contribution >= 0.6 is 12.4 Å². The van der Waals surface area contributed by atoms with E-state index in [4.69, 9.17) is 0 Å². The first-order chi connectivity index (χ1) is 11.0. The number of halogens is 1. The maximum absolute atomic E-state index is 12.1. The maximum atomic E-state index is 12.1. The van der Waals surface area contributed by atoms with Crippen LogP contribution in [0, 0.1) is 11.8 Å². The summed E-state index contributed by atoms with van der Waals surface area (Å²) in [5.41, 5.74) is 0. The van der Waals surface area contributed by atoms with Gasteiger partial charge in [-0.05, 0) is 57.0 Å². The molecular formula is C18H34ClN3O2. The van der Waals surface area contributed by atoms with Gasteiger partial charge in [-0.3, -0.25) is 9.59 Å². The normalized spacial score (nSPS) is 19.9. The third-order valence-electron chi connectivity index (χ3n) is 5.03. The molecule has 2 fully saturated rings. The van der Waals surface area contributed by atoms with E-state index < -0.39 is 0 Å². The predicted octanol–water partition coefficient (Wildman–Crippen LogP) is 2.34. The van der Waals surface area contributed by atoms with Crippen molar-refractivity contribution in [1.82, 2.24) is 15.5 Å². The lowest BCUT2D eigenvalue weighted by Gasteiger charge is -2.33. The fourth-order valence-electron chi connectivity index (χ4n) is 3.56. The molecule has 0 aromatic rings. The topological polar surface area (TPSA) is 61.4 Å². The number of likely N-dealkylation sites (tertiary alicyclic amines) is 1. The van der Waals surface area contributed by atoms with Gasteiger partial charge in [0, 0.05) is 32.0 Å². The minimum absolute atomic E-state index is 0. The van der Waals surface area contributed by atoms with Crippen LogP contribution in [0.1, 0.15) is 58.8 Å². The molecule has 0 aliphatic carbocycles. The molecule has 2 aliphatic rings. The zero-order valence-corrected chi connectivity index (χ0v) is 16.0. The van der Waals surface area contributed by atoms with Crippen molar-refractivity contribution in [2.75, 3.05) is 26.2 Å². The number of nitrogens with one attached hydrogen (secondary N) is 2. The smallest absolute Gasteiger partial charge is 0.222 e. The van der Waals surface area contributed by atoms with E-state index >= 15 is 0 Å². The molecule has 6 heteroatoms. The Bertz CT molecular complexity index is 390. The van der Waals surface area contributed by atoms with E-state index in [1.54, 1.807) is 0 Å². The van der Waals surface area contributed by atoms with Crippen LogP contribution in [-0.2, 0) is 9.59 Å². The summed E-state index contributed by atoms with van der Waals surface area (Å²) >= 11 is 0. The Morgan fingerprint density at radius 1 is 1.12 bits per heavy atom. The quantitative estimate of drug-likeness (QED) is 0.765. The van der Waals surface area contributed by atoms with Crippen molar-refractivity contribution in [2.45, 2.75) is 64.8 Å². The van der Waals surface area contributed by atoms with Crippen LogP contribution in [0.5, 0.6) is 0 Å². The molecule has 0 atom stereocenters. The average Bonchev–Trinajstić information content (AvgIpc) is 2.54. The van der Waals surface area contributed by atoms with Gasteiger partial charge in [-0.15, -0.1) is 12.4 Å². The Hall–Kier alpha value is -0.810. The highest BCUT2D eigenvalue weighted by molar-refractivity contribution is 5.85. The van der Waals surface area contributed by atoms with Crippen LogP contribution in [0.25, 0.3) is 0 Å². The van der Waals surface area contributed by atoms with Crippen LogP contribution in [0.3, 0.4) is 0 Å². The molecule has 5 nitrogen and oxygen atoms in total. The number of hydrogen-bond acceptors (Lipinski definition) is 3. The molecule has 0 bridgehead atoms. The van der Waals surface area contributed by atoms with E-state index in [1.165, 1.54) is 12.8 Å². The van der Waals surface area contributed by atoms with Crippen molar-refractivity contribution in [1.29, 1.82) is 0 Å². The van der Waals surface area contributed by atoms with E-state index in [1.807, 2.05) is 4.90 Å². The molecule has 2 rings (SSSR count). The second-order valence-electron chi connectivity index (χ2n) is 7.55. The Balaban J connectivity index is 0.00000288. The first kappa shape index (κ1) is 21.2. The molecule has 0 unspecified atom stereocenters. The highest BCUT2D eigenvalue weighted by atomic mass is 35.5. The summed E-state index contributed by atoms with van der Waals surface area (Å²) in [6.45, 7) is 7.90. The first-order valence-corrected chi connectivity index (χ1v) is 9.32. The molecule has 140 valence electrons. The Labute approximate surface area is 152 Å². The summed E-state index contributed by atoms with van der Waals surface area (Å²) in [6, 6.07) is 0.249. The number of carbonyl (C=O) groups is 2. The molecule has 0 radical (unpaired) electrons. The Kier molecular flexibility index (Phi) is 9.67. The lowest BCUT2D eigenvalue weighted by molar-refractivity contribution is -0.133. The van der Waals surface area contributed by atoms with Gasteiger partial charge in [0.2, 0.25) is 11.8 Å². The van der Waals surface area contributed by atoms with Gasteiger partial charge in [-0.25, -0.2) is 0 Å². The maximum Gasteiger partial charge on any atom is 0.222 e. The first-order valence-electron chi connectivity index (χ1n) is 9.32. The Morgan fingerprint density at radius 3 is 2.33 bits per heavy atom. The lowest BCUT2D eigenvalue weighted by atomic mass is 9.93. The van der Waals surface area contributed by atoms with Crippen molar-refractivity contribution in [3.05, 3.63) is 0 Å². The third kappa shape index (κ3) is 7.39. The van der Waals surface area contributed by atoms with Gasteiger partial charge in [0.1, 0.15) is 0 Å². The van der Waals surface area contributed by atoms with Gasteiger partial charge in [0.05, 0.1) is 0 Å². The lowest BCUT2D eigenvalue weighted by Crippen LogP contribution is -2.46. The predicted molar refractivity (Wildman–Crippen MR) is 99.3 cm³/mol. The van der Waals surface area contributed by atoms with E-state index in [9.17, 15) is 9.59 Å². The van der Waals surface area contributed by atoms with Crippen molar-refractivity contribution in [3.63, 3.8) is 0 Å². The highest BCUT2D eigenvalue weighted by Gasteiger charge is 2.24. The molecule has 0 spiro atoms. The SMILES string of the molecule is CC(C)CC(=O)N1CCC(NC(=O)CCC2CCNCC2)CC1.Cl. The number of piperidine rings is 2. The Morgan fingerprint density at radius 2 is 1.75 bits per heavy atom. The van der Waals surface area contributed by atoms with Crippen LogP contribution in [0.4, 0.5) is 0 Å². The van der Waals surface area contributed by atoms with E-state index in [0.717, 1.165) is 45.4 Å². The zero-order chi connectivity index (χ0) is 16.7. The number of amides is 2. The minimum Gasteiger partial charge on any atom is -0.353 e. The third-order valence-corrected chi connectivity index (χ3v) is 5.03. The molecule has 0 saturated carbocycles. The van der Waals surface area contributed by atoms with Crippen LogP contribution in [0.15, 0.2) is 0 Å². The second-order valence-corrected chi connectivity index (χ2v) is 7.55. The number of nitrogens with zero attached hydrogens (tertiary/aromatic N) is 1. The summed E-state index contributed by atoms with van der Waals surface area (Å²) in [5, 5.41) is 6.53. The van der Waals surface area contributed by atoms with E-state index in [-0.39, 0.29) is 30.3 Å². The summed E-state index contributed by atoms with van der Waals surface area (Å²) in [5.74, 6) is 1.57. The fraction of sp³-hybridized carbons (Fsp3) is 0.889. The molecular weight excluding hydrogens is 326 g/mol. The highest BCUT2D eigenvalue weighted by Crippen LogP contribution is 2.18. The molecule has 2 saturated heterocycles. The van der Waals surface area contributed by atoms with Crippen molar-refractivity contribution in [3.8, 4) is 0 Å². The molecule has 2 amide bonds. The van der Waals surface area contributed by atoms with Crippen molar-refractivity contribution < 1.29 is 9.59 Å². The fourth-order valence-corrected chi connectivity index (χ4v) is 3.56. The molecule has 2 aliphatic heterocycles. The van der Waals surface area contributed by atoms with Gasteiger partial charge in [0.25, 0.3) is 0 Å². The average molecular weight is 360 g/mol. The molecule has 2 heterocycles. The summed E-state index contributed by atoms with van der Waals surface area (Å²) in [7, 11) is 0. The van der Waals surface area contributed by atoms with Gasteiger partial charge < -0.3 is 15.5 Å². The van der Waals surface area contributed by atoms with Crippen LogP contribution in [0.2, 0.25) is 0 Å². The number of rotatable bonds is 6. The van der Waals surface area contributed by atoms with Gasteiger partial charge in [0.15, 0.2) is 0 Å². The van der Waals surface area contributed by atoms with Crippen molar-refractivity contribution >= 4 is 24.2 Å².